The number of rotatable bonds is 5. The van der Waals surface area contributed by atoms with E-state index in [1.165, 1.54) is 4.68 Å². The van der Waals surface area contributed by atoms with Crippen molar-refractivity contribution in [3.05, 3.63) is 42.9 Å². The highest BCUT2D eigenvalue weighted by Crippen LogP contribution is 2.29. The molecule has 1 heterocycles. The molecule has 1 atom stereocenters. The number of aromatic nitrogens is 2. The van der Waals surface area contributed by atoms with E-state index in [-0.39, 0.29) is 12.0 Å². The molecule has 0 aliphatic rings. The lowest BCUT2D eigenvalue weighted by Crippen LogP contribution is -2.18. The van der Waals surface area contributed by atoms with Gasteiger partial charge < -0.3 is 9.84 Å². The molecule has 0 saturated carbocycles. The Balaban J connectivity index is 2.25. The van der Waals surface area contributed by atoms with Gasteiger partial charge in [-0.15, -0.1) is 0 Å². The molecule has 0 saturated heterocycles. The van der Waals surface area contributed by atoms with Crippen molar-refractivity contribution in [2.45, 2.75) is 19.1 Å². The van der Waals surface area contributed by atoms with Gasteiger partial charge in [-0.05, 0) is 24.1 Å². The van der Waals surface area contributed by atoms with Crippen LogP contribution in [0.25, 0.3) is 11.1 Å². The maximum atomic E-state index is 10.2. The number of benzene rings is 1. The number of hydrogen-bond acceptors (Lipinski definition) is 4. The summed E-state index contributed by atoms with van der Waals surface area (Å²) < 4.78 is 6.73. The molecule has 2 aromatic rings. The van der Waals surface area contributed by atoms with Crippen LogP contribution in [0.4, 0.5) is 0 Å². The number of hydrogen-bond donors (Lipinski definition) is 1. The summed E-state index contributed by atoms with van der Waals surface area (Å²) in [6.07, 6.45) is 2.11. The highest BCUT2D eigenvalue weighted by Gasteiger charge is 2.14. The summed E-state index contributed by atoms with van der Waals surface area (Å²) in [6, 6.07) is 9.05. The summed E-state index contributed by atoms with van der Waals surface area (Å²) in [5.74, 6) is 0.0882. The molecule has 103 valence electrons. The van der Waals surface area contributed by atoms with Crippen LogP contribution in [-0.2, 0) is 11.3 Å². The number of aromatic hydroxyl groups is 1. The van der Waals surface area contributed by atoms with Crippen LogP contribution in [-0.4, -0.2) is 28.1 Å². The van der Waals surface area contributed by atoms with Gasteiger partial charge in [0.05, 0.1) is 36.0 Å². The quantitative estimate of drug-likeness (QED) is 0.905. The number of ether oxygens (including phenoxy) is 1. The zero-order chi connectivity index (χ0) is 14.5. The molecule has 1 unspecified atom stereocenters. The maximum absolute atomic E-state index is 10.2. The lowest BCUT2D eigenvalue weighted by atomic mass is 10.1. The molecule has 1 aromatic heterocycles. The Morgan fingerprint density at radius 1 is 1.45 bits per heavy atom. The minimum atomic E-state index is -0.0883. The van der Waals surface area contributed by atoms with Crippen molar-refractivity contribution in [2.75, 3.05) is 7.11 Å². The normalized spacial score (nSPS) is 12.1. The van der Waals surface area contributed by atoms with Gasteiger partial charge in [0.25, 0.3) is 0 Å². The first-order valence-electron chi connectivity index (χ1n) is 6.27. The third-order valence-corrected chi connectivity index (χ3v) is 3.17. The number of nitriles is 1. The molecule has 0 spiro atoms. The summed E-state index contributed by atoms with van der Waals surface area (Å²) >= 11 is 0. The maximum Gasteiger partial charge on any atom is 0.217 e. The van der Waals surface area contributed by atoms with Gasteiger partial charge in [0.1, 0.15) is 0 Å². The molecule has 20 heavy (non-hydrogen) atoms. The molecule has 0 amide bonds. The second-order valence-electron chi connectivity index (χ2n) is 4.40. The standard InChI is InChI=1S/C15H16N3O2/c1-3-13(20-2)10-18-15(19)14(9-17-18)12-6-4-11(8-16)5-7-12/h4-7,9,13,19H,1,3,10H2,2H3. The summed E-state index contributed by atoms with van der Waals surface area (Å²) in [5, 5.41) is 23.1. The second kappa shape index (κ2) is 6.22. The van der Waals surface area contributed by atoms with Crippen molar-refractivity contribution in [3.63, 3.8) is 0 Å². The zero-order valence-electron chi connectivity index (χ0n) is 11.3. The monoisotopic (exact) mass is 270 g/mol. The van der Waals surface area contributed by atoms with Crippen molar-refractivity contribution in [2.24, 2.45) is 0 Å². The predicted octanol–water partition coefficient (Wildman–Crippen LogP) is 2.37. The van der Waals surface area contributed by atoms with E-state index in [2.05, 4.69) is 18.1 Å². The smallest absolute Gasteiger partial charge is 0.217 e. The van der Waals surface area contributed by atoms with E-state index in [1.54, 1.807) is 37.6 Å². The largest absolute Gasteiger partial charge is 0.493 e. The van der Waals surface area contributed by atoms with Crippen molar-refractivity contribution in [3.8, 4) is 23.1 Å². The van der Waals surface area contributed by atoms with Crippen LogP contribution in [0.15, 0.2) is 30.5 Å². The SMILES string of the molecule is [CH2]CC(Cn1ncc(-c2ccc(C#N)cc2)c1O)OC. The first kappa shape index (κ1) is 14.1. The van der Waals surface area contributed by atoms with Gasteiger partial charge >= 0.3 is 0 Å². The van der Waals surface area contributed by atoms with E-state index in [1.807, 2.05) is 0 Å². The Morgan fingerprint density at radius 2 is 2.15 bits per heavy atom. The second-order valence-corrected chi connectivity index (χ2v) is 4.40. The van der Waals surface area contributed by atoms with Gasteiger partial charge in [-0.2, -0.15) is 10.4 Å². The number of methoxy groups -OCH3 is 1. The van der Waals surface area contributed by atoms with Crippen molar-refractivity contribution in [1.29, 1.82) is 5.26 Å². The van der Waals surface area contributed by atoms with E-state index >= 15 is 0 Å². The Morgan fingerprint density at radius 3 is 2.70 bits per heavy atom. The lowest BCUT2D eigenvalue weighted by molar-refractivity contribution is 0.0840. The molecule has 5 nitrogen and oxygen atoms in total. The van der Waals surface area contributed by atoms with Gasteiger partial charge in [-0.25, -0.2) is 4.68 Å². The average Bonchev–Trinajstić information content (AvgIpc) is 2.86. The van der Waals surface area contributed by atoms with Crippen LogP contribution in [0.5, 0.6) is 5.88 Å². The third-order valence-electron chi connectivity index (χ3n) is 3.17. The molecule has 1 N–H and O–H groups in total. The molecule has 1 aromatic carbocycles. The minimum Gasteiger partial charge on any atom is -0.493 e. The average molecular weight is 270 g/mol. The van der Waals surface area contributed by atoms with Gasteiger partial charge in [0.2, 0.25) is 5.88 Å². The summed E-state index contributed by atoms with van der Waals surface area (Å²) in [4.78, 5) is 0. The molecule has 1 radical (unpaired) electrons. The van der Waals surface area contributed by atoms with Crippen molar-refractivity contribution < 1.29 is 9.84 Å². The van der Waals surface area contributed by atoms with Gasteiger partial charge in [-0.1, -0.05) is 19.1 Å². The fourth-order valence-corrected chi connectivity index (χ4v) is 1.92. The molecular formula is C15H16N3O2. The molecule has 2 rings (SSSR count). The molecule has 5 heteroatoms. The van der Waals surface area contributed by atoms with Gasteiger partial charge in [-0.3, -0.25) is 0 Å². The van der Waals surface area contributed by atoms with E-state index in [0.717, 1.165) is 5.56 Å². The number of nitrogens with zero attached hydrogens (tertiary/aromatic N) is 3. The highest BCUT2D eigenvalue weighted by molar-refractivity contribution is 5.68. The van der Waals surface area contributed by atoms with E-state index in [9.17, 15) is 5.11 Å². The lowest BCUT2D eigenvalue weighted by Gasteiger charge is -2.13. The van der Waals surface area contributed by atoms with Crippen LogP contribution in [0.3, 0.4) is 0 Å². The van der Waals surface area contributed by atoms with Gasteiger partial charge in [0, 0.05) is 7.11 Å². The zero-order valence-corrected chi connectivity index (χ0v) is 11.3. The molecular weight excluding hydrogens is 254 g/mol. The van der Waals surface area contributed by atoms with Crippen LogP contribution >= 0.6 is 0 Å². The Hall–Kier alpha value is -2.32. The topological polar surface area (TPSA) is 71.1 Å². The molecule has 0 aliphatic carbocycles. The van der Waals surface area contributed by atoms with Gasteiger partial charge in [0.15, 0.2) is 0 Å². The van der Waals surface area contributed by atoms with Crippen molar-refractivity contribution >= 4 is 0 Å². The summed E-state index contributed by atoms with van der Waals surface area (Å²) in [5.41, 5.74) is 2.03. The van der Waals surface area contributed by atoms with E-state index in [4.69, 9.17) is 10.00 Å². The Kier molecular flexibility index (Phi) is 4.38. The van der Waals surface area contributed by atoms with Crippen molar-refractivity contribution in [1.82, 2.24) is 9.78 Å². The fraction of sp³-hybridized carbons (Fsp3) is 0.267. The molecule has 0 bridgehead atoms. The highest BCUT2D eigenvalue weighted by atomic mass is 16.5. The minimum absolute atomic E-state index is 0.0882. The molecule has 0 fully saturated rings. The summed E-state index contributed by atoms with van der Waals surface area (Å²) in [7, 11) is 1.61. The Labute approximate surface area is 118 Å². The first-order valence-corrected chi connectivity index (χ1v) is 6.27. The first-order chi connectivity index (χ1) is 9.69. The van der Waals surface area contributed by atoms with Crippen LogP contribution in [0, 0.1) is 18.3 Å². The fourth-order valence-electron chi connectivity index (χ4n) is 1.92. The predicted molar refractivity (Wildman–Crippen MR) is 74.8 cm³/mol. The van der Waals surface area contributed by atoms with Crippen LogP contribution < -0.4 is 0 Å². The van der Waals surface area contributed by atoms with Crippen LogP contribution in [0.1, 0.15) is 12.0 Å². The third kappa shape index (κ3) is 2.81. The van der Waals surface area contributed by atoms with E-state index in [0.29, 0.717) is 24.1 Å². The Bertz CT molecular complexity index is 607. The molecule has 0 aliphatic heterocycles. The summed E-state index contributed by atoms with van der Waals surface area (Å²) in [6.45, 7) is 4.23. The van der Waals surface area contributed by atoms with E-state index < -0.39 is 0 Å². The van der Waals surface area contributed by atoms with Crippen LogP contribution in [0.2, 0.25) is 0 Å².